The molecule has 1 aliphatic heterocycles. The fourth-order valence-corrected chi connectivity index (χ4v) is 6.54. The van der Waals surface area contributed by atoms with Crippen molar-refractivity contribution in [1.29, 1.82) is 0 Å². The van der Waals surface area contributed by atoms with Gasteiger partial charge in [-0.3, -0.25) is 9.59 Å². The van der Waals surface area contributed by atoms with Gasteiger partial charge in [-0.2, -0.15) is 0 Å². The van der Waals surface area contributed by atoms with E-state index in [2.05, 4.69) is 31.2 Å². The summed E-state index contributed by atoms with van der Waals surface area (Å²) in [5.41, 5.74) is 4.39. The summed E-state index contributed by atoms with van der Waals surface area (Å²) >= 11 is 12.5. The Bertz CT molecular complexity index is 1220. The van der Waals surface area contributed by atoms with E-state index < -0.39 is 17.3 Å². The number of hydrogen-bond donors (Lipinski definition) is 0. The van der Waals surface area contributed by atoms with Crippen LogP contribution in [0.4, 0.5) is 5.69 Å². The second-order valence-electron chi connectivity index (χ2n) is 8.47. The number of imide groups is 1. The number of amides is 2. The van der Waals surface area contributed by atoms with Gasteiger partial charge >= 0.3 is 0 Å². The Hall–Kier alpha value is -2.62. The van der Waals surface area contributed by atoms with Crippen molar-refractivity contribution < 1.29 is 9.59 Å². The van der Waals surface area contributed by atoms with E-state index >= 15 is 0 Å². The van der Waals surface area contributed by atoms with Crippen LogP contribution in [0.1, 0.15) is 35.1 Å². The number of benzene rings is 3. The van der Waals surface area contributed by atoms with E-state index in [-0.39, 0.29) is 17.7 Å². The molecule has 2 bridgehead atoms. The lowest BCUT2D eigenvalue weighted by Gasteiger charge is -2.52. The molecule has 0 N–H and O–H groups in total. The van der Waals surface area contributed by atoms with E-state index in [4.69, 9.17) is 23.2 Å². The van der Waals surface area contributed by atoms with Crippen LogP contribution < -0.4 is 4.90 Å². The van der Waals surface area contributed by atoms with Crippen LogP contribution in [-0.2, 0) is 15.0 Å². The number of hydrogen-bond acceptors (Lipinski definition) is 2. The number of nitrogens with zero attached hydrogens (tertiary/aromatic N) is 1. The van der Waals surface area contributed by atoms with Crippen LogP contribution in [0.5, 0.6) is 0 Å². The molecule has 3 aromatic rings. The fourth-order valence-electron chi connectivity index (χ4n) is 6.05. The minimum absolute atomic E-state index is 0.142. The first-order valence-electron chi connectivity index (χ1n) is 9.96. The van der Waals surface area contributed by atoms with E-state index in [1.54, 1.807) is 18.2 Å². The quantitative estimate of drug-likeness (QED) is 0.470. The van der Waals surface area contributed by atoms with Gasteiger partial charge in [0.05, 0.1) is 22.5 Å². The number of carbonyl (C=O) groups excluding carboxylic acids is 2. The molecular weight excluding hydrogens is 417 g/mol. The zero-order valence-corrected chi connectivity index (χ0v) is 17.6. The van der Waals surface area contributed by atoms with Crippen molar-refractivity contribution in [3.63, 3.8) is 0 Å². The van der Waals surface area contributed by atoms with Crippen molar-refractivity contribution in [3.8, 4) is 0 Å². The lowest BCUT2D eigenvalue weighted by molar-refractivity contribution is -0.123. The third kappa shape index (κ3) is 2.02. The molecule has 3 aliphatic carbocycles. The molecule has 1 saturated heterocycles. The van der Waals surface area contributed by atoms with Crippen molar-refractivity contribution >= 4 is 40.7 Å². The summed E-state index contributed by atoms with van der Waals surface area (Å²) in [5, 5.41) is 0.766. The van der Waals surface area contributed by atoms with Crippen molar-refractivity contribution in [2.45, 2.75) is 18.3 Å². The lowest BCUT2D eigenvalue weighted by atomic mass is 9.48. The van der Waals surface area contributed by atoms with Crippen molar-refractivity contribution in [2.24, 2.45) is 11.8 Å². The van der Waals surface area contributed by atoms with Crippen LogP contribution in [0.2, 0.25) is 10.0 Å². The Morgan fingerprint density at radius 3 is 2.03 bits per heavy atom. The maximum atomic E-state index is 13.8. The number of carbonyl (C=O) groups is 2. The van der Waals surface area contributed by atoms with Crippen LogP contribution in [0.3, 0.4) is 0 Å². The monoisotopic (exact) mass is 433 g/mol. The zero-order chi connectivity index (χ0) is 20.8. The highest BCUT2D eigenvalue weighted by Crippen LogP contribution is 2.64. The molecule has 7 rings (SSSR count). The molecule has 0 radical (unpaired) electrons. The minimum atomic E-state index is -0.576. The first-order valence-corrected chi connectivity index (χ1v) is 10.7. The molecule has 1 heterocycles. The molecule has 5 heteroatoms. The molecule has 3 nitrogen and oxygen atoms in total. The predicted molar refractivity (Wildman–Crippen MR) is 117 cm³/mol. The second kappa shape index (κ2) is 5.96. The van der Waals surface area contributed by atoms with Gasteiger partial charge in [-0.1, -0.05) is 78.7 Å². The Balaban J connectivity index is 1.62. The van der Waals surface area contributed by atoms with Crippen LogP contribution in [0, 0.1) is 11.8 Å². The minimum Gasteiger partial charge on any atom is -0.274 e. The van der Waals surface area contributed by atoms with Gasteiger partial charge in [0.15, 0.2) is 0 Å². The molecule has 148 valence electrons. The zero-order valence-electron chi connectivity index (χ0n) is 16.1. The summed E-state index contributed by atoms with van der Waals surface area (Å²) in [7, 11) is 0. The molecule has 30 heavy (non-hydrogen) atoms. The van der Waals surface area contributed by atoms with E-state index in [0.717, 1.165) is 22.3 Å². The SMILES string of the molecule is CC12c3ccccc3C(c3ccccc31)[C@H]1C(=O)N(c3ccc(Cl)cc3Cl)C(=O)[C@@H]12. The smallest absolute Gasteiger partial charge is 0.239 e. The Labute approximate surface area is 184 Å². The van der Waals surface area contributed by atoms with E-state index in [0.29, 0.717) is 15.7 Å². The van der Waals surface area contributed by atoms with Crippen LogP contribution >= 0.6 is 23.2 Å². The molecule has 0 spiro atoms. The fraction of sp³-hybridized carbons (Fsp3) is 0.200. The molecule has 1 fully saturated rings. The lowest BCUT2D eigenvalue weighted by Crippen LogP contribution is -2.51. The van der Waals surface area contributed by atoms with E-state index in [1.807, 2.05) is 24.3 Å². The topological polar surface area (TPSA) is 37.4 Å². The Kier molecular flexibility index (Phi) is 3.61. The number of rotatable bonds is 1. The average Bonchev–Trinajstić information content (AvgIpc) is 3.01. The standard InChI is InChI=1S/C25H17Cl2NO2/c1-25-16-8-4-2-6-14(16)20(15-7-3-5-9-17(15)25)21-22(25)24(30)28(23(21)29)19-11-10-13(26)12-18(19)27/h2-12,20-22H,1H3/t20?,21-,22-,25?/m1/s1. The second-order valence-corrected chi connectivity index (χ2v) is 9.31. The molecule has 0 saturated carbocycles. The van der Waals surface area contributed by atoms with Crippen molar-refractivity contribution in [2.75, 3.05) is 4.90 Å². The summed E-state index contributed by atoms with van der Waals surface area (Å²) in [6, 6.07) is 21.3. The molecule has 0 aromatic heterocycles. The molecule has 0 unspecified atom stereocenters. The van der Waals surface area contributed by atoms with Gasteiger partial charge in [-0.05, 0) is 40.5 Å². The molecule has 2 amide bonds. The van der Waals surface area contributed by atoms with E-state index in [9.17, 15) is 9.59 Å². The van der Waals surface area contributed by atoms with Crippen LogP contribution in [0.15, 0.2) is 66.7 Å². The third-order valence-electron chi connectivity index (χ3n) is 7.19. The normalized spacial score (nSPS) is 28.4. The van der Waals surface area contributed by atoms with Gasteiger partial charge < -0.3 is 0 Å². The van der Waals surface area contributed by atoms with Gasteiger partial charge in [-0.15, -0.1) is 0 Å². The summed E-state index contributed by atoms with van der Waals surface area (Å²) in [4.78, 5) is 28.9. The third-order valence-corrected chi connectivity index (χ3v) is 7.73. The molecule has 2 atom stereocenters. The van der Waals surface area contributed by atoms with E-state index in [1.165, 1.54) is 4.90 Å². The van der Waals surface area contributed by atoms with Gasteiger partial charge in [0.2, 0.25) is 11.8 Å². The van der Waals surface area contributed by atoms with Crippen molar-refractivity contribution in [3.05, 3.63) is 99.0 Å². The molecule has 3 aromatic carbocycles. The highest BCUT2D eigenvalue weighted by atomic mass is 35.5. The van der Waals surface area contributed by atoms with Crippen LogP contribution in [-0.4, -0.2) is 11.8 Å². The first kappa shape index (κ1) is 18.2. The maximum Gasteiger partial charge on any atom is 0.239 e. The predicted octanol–water partition coefficient (Wildman–Crippen LogP) is 5.56. The Morgan fingerprint density at radius 1 is 0.833 bits per heavy atom. The maximum absolute atomic E-state index is 13.8. The Morgan fingerprint density at radius 2 is 1.43 bits per heavy atom. The largest absolute Gasteiger partial charge is 0.274 e. The van der Waals surface area contributed by atoms with Gasteiger partial charge in [0, 0.05) is 16.4 Å². The summed E-state index contributed by atoms with van der Waals surface area (Å²) < 4.78 is 0. The average molecular weight is 434 g/mol. The van der Waals surface area contributed by atoms with Gasteiger partial charge in [0.1, 0.15) is 0 Å². The summed E-state index contributed by atoms with van der Waals surface area (Å²) in [6.07, 6.45) is 0. The highest BCUT2D eigenvalue weighted by molar-refractivity contribution is 6.38. The summed E-state index contributed by atoms with van der Waals surface area (Å²) in [6.45, 7) is 2.11. The van der Waals surface area contributed by atoms with Crippen LogP contribution in [0.25, 0.3) is 0 Å². The molecule has 4 aliphatic rings. The number of anilines is 1. The van der Waals surface area contributed by atoms with Crippen molar-refractivity contribution in [1.82, 2.24) is 0 Å². The van der Waals surface area contributed by atoms with Gasteiger partial charge in [0.25, 0.3) is 0 Å². The first-order chi connectivity index (χ1) is 14.4. The highest BCUT2D eigenvalue weighted by Gasteiger charge is 2.66. The number of halogens is 2. The summed E-state index contributed by atoms with van der Waals surface area (Å²) in [5.74, 6) is -1.43. The van der Waals surface area contributed by atoms with Gasteiger partial charge in [-0.25, -0.2) is 4.90 Å². The molecular formula is C25H17Cl2NO2.